The van der Waals surface area contributed by atoms with E-state index in [0.717, 1.165) is 12.2 Å². The quantitative estimate of drug-likeness (QED) is 0.549. The Morgan fingerprint density at radius 2 is 0.960 bits per heavy atom. The molecule has 0 saturated heterocycles. The maximum absolute atomic E-state index is 12.8. The third kappa shape index (κ3) is 2.95. The van der Waals surface area contributed by atoms with Crippen LogP contribution in [0.3, 0.4) is 0 Å². The molecule has 0 atom stereocenters. The normalized spacial score (nSPS) is 11.8. The van der Waals surface area contributed by atoms with Crippen LogP contribution in [0.1, 0.15) is 11.1 Å². The van der Waals surface area contributed by atoms with E-state index in [0.29, 0.717) is 0 Å². The molecule has 25 heavy (non-hydrogen) atoms. The zero-order valence-corrected chi connectivity index (χ0v) is 14.1. The van der Waals surface area contributed by atoms with Crippen molar-refractivity contribution in [3.05, 3.63) is 71.8 Å². The average Bonchev–Trinajstić information content (AvgIpc) is 2.56. The Labute approximate surface area is 143 Å². The summed E-state index contributed by atoms with van der Waals surface area (Å²) in [6.45, 7) is 0. The minimum absolute atomic E-state index is 0.265. The van der Waals surface area contributed by atoms with Gasteiger partial charge in [-0.25, -0.2) is 26.4 Å². The highest BCUT2D eigenvalue weighted by Gasteiger charge is 2.59. The van der Waals surface area contributed by atoms with Gasteiger partial charge >= 0.3 is 0 Å². The molecule has 0 N–H and O–H groups in total. The van der Waals surface area contributed by atoms with E-state index < -0.39 is 24.1 Å². The smallest absolute Gasteiger partial charge is 0.210 e. The molecule has 0 aliphatic carbocycles. The average molecular weight is 378 g/mol. The van der Waals surface area contributed by atoms with Gasteiger partial charge in [0.15, 0.2) is 0 Å². The highest BCUT2D eigenvalue weighted by Crippen LogP contribution is 2.44. The van der Waals surface area contributed by atoms with Crippen LogP contribution in [-0.2, 0) is 33.7 Å². The molecule has 10 heteroatoms. The Balaban J connectivity index is 3.17. The third-order valence-electron chi connectivity index (χ3n) is 3.35. The molecule has 0 aliphatic heterocycles. The van der Waals surface area contributed by atoms with Crippen molar-refractivity contribution >= 4 is 32.2 Å². The summed E-state index contributed by atoms with van der Waals surface area (Å²) >= 11 is 0. The molecular formula is C15H10N2O6S2. The molecule has 0 radical (unpaired) electrons. The van der Waals surface area contributed by atoms with Crippen molar-refractivity contribution in [3.8, 4) is 0 Å². The van der Waals surface area contributed by atoms with Crippen LogP contribution >= 0.6 is 0 Å². The van der Waals surface area contributed by atoms with E-state index in [4.69, 9.17) is 0 Å². The topological polar surface area (TPSA) is 127 Å². The van der Waals surface area contributed by atoms with Gasteiger partial charge in [0.1, 0.15) is 0 Å². The number of hydrogen-bond donors (Lipinski definition) is 0. The zero-order valence-electron chi connectivity index (χ0n) is 12.4. The molecule has 0 aliphatic rings. The fourth-order valence-corrected chi connectivity index (χ4v) is 5.91. The predicted molar refractivity (Wildman–Crippen MR) is 87.7 cm³/mol. The van der Waals surface area contributed by atoms with E-state index in [2.05, 4.69) is 8.80 Å². The minimum Gasteiger partial charge on any atom is -0.210 e. The second kappa shape index (κ2) is 6.92. The molecule has 128 valence electrons. The summed E-state index contributed by atoms with van der Waals surface area (Å²) in [7, 11) is -10.2. The molecule has 8 nitrogen and oxygen atoms in total. The molecule has 2 aromatic carbocycles. The van der Waals surface area contributed by atoms with Gasteiger partial charge in [-0.2, -0.15) is 0 Å². The van der Waals surface area contributed by atoms with Gasteiger partial charge in [-0.1, -0.05) is 69.5 Å². The highest BCUT2D eigenvalue weighted by molar-refractivity contribution is 8.08. The van der Waals surface area contributed by atoms with E-state index in [9.17, 15) is 26.4 Å². The van der Waals surface area contributed by atoms with E-state index >= 15 is 0 Å². The van der Waals surface area contributed by atoms with Gasteiger partial charge in [-0.15, -0.1) is 0 Å². The fraction of sp³-hybridized carbons (Fsp3) is 0.0667. The van der Waals surface area contributed by atoms with Crippen LogP contribution in [0.5, 0.6) is 0 Å². The summed E-state index contributed by atoms with van der Waals surface area (Å²) < 4.78 is 53.6. The van der Waals surface area contributed by atoms with Crippen LogP contribution in [0.25, 0.3) is 0 Å². The summed E-state index contributed by atoms with van der Waals surface area (Å²) in [6, 6.07) is 13.5. The van der Waals surface area contributed by atoms with Crippen LogP contribution in [0.15, 0.2) is 69.5 Å². The van der Waals surface area contributed by atoms with Crippen molar-refractivity contribution in [3.63, 3.8) is 0 Å². The Bertz CT molecular complexity index is 978. The number of hydrogen-bond acceptors (Lipinski definition) is 6. The van der Waals surface area contributed by atoms with E-state index in [1.165, 1.54) is 60.7 Å². The first-order chi connectivity index (χ1) is 11.8. The number of isocyanates is 2. The lowest BCUT2D eigenvalue weighted by Gasteiger charge is -2.28. The first-order valence-corrected chi connectivity index (χ1v) is 9.50. The first-order valence-electron chi connectivity index (χ1n) is 6.62. The molecule has 0 fully saturated rings. The lowest BCUT2D eigenvalue weighted by atomic mass is 10.0. The number of carbonyl (C=O) groups excluding carboxylic acids is 2. The van der Waals surface area contributed by atoms with E-state index in [1.54, 1.807) is 0 Å². The molecular weight excluding hydrogens is 368 g/mol. The zero-order chi connectivity index (χ0) is 18.6. The summed E-state index contributed by atoms with van der Waals surface area (Å²) in [5.74, 6) is 0. The molecule has 2 aromatic rings. The van der Waals surface area contributed by atoms with Gasteiger partial charge in [0.25, 0.3) is 36.3 Å². The van der Waals surface area contributed by atoms with Crippen molar-refractivity contribution in [1.29, 1.82) is 0 Å². The molecule has 0 unspecified atom stereocenters. The maximum atomic E-state index is 12.8. The monoisotopic (exact) mass is 378 g/mol. The lowest BCUT2D eigenvalue weighted by molar-refractivity contribution is 0.553. The Morgan fingerprint density at radius 3 is 1.24 bits per heavy atom. The maximum Gasteiger partial charge on any atom is 0.294 e. The van der Waals surface area contributed by atoms with Crippen molar-refractivity contribution in [1.82, 2.24) is 0 Å². The van der Waals surface area contributed by atoms with Crippen molar-refractivity contribution < 1.29 is 26.4 Å². The largest absolute Gasteiger partial charge is 0.294 e. The standard InChI is InChI=1S/C15H10N2O6S2/c18-11-16-24(20,21)15(25(22,23)17-12-19,13-7-3-1-4-8-13)14-9-5-2-6-10-14/h1-10H. The third-order valence-corrected chi connectivity index (χ3v) is 7.64. The second-order valence-electron chi connectivity index (χ2n) is 4.66. The van der Waals surface area contributed by atoms with Crippen LogP contribution in [-0.4, -0.2) is 29.0 Å². The summed E-state index contributed by atoms with van der Waals surface area (Å²) in [6.07, 6.45) is 1.70. The molecule has 0 bridgehead atoms. The van der Waals surface area contributed by atoms with Crippen molar-refractivity contribution in [2.45, 2.75) is 4.08 Å². The van der Waals surface area contributed by atoms with Crippen molar-refractivity contribution in [2.24, 2.45) is 8.80 Å². The predicted octanol–water partition coefficient (Wildman–Crippen LogP) is 1.22. The molecule has 0 aromatic heterocycles. The molecule has 0 amide bonds. The SMILES string of the molecule is O=C=NS(=O)(=O)C(c1ccccc1)(c1ccccc1)S(=O)(=O)N=C=O. The van der Waals surface area contributed by atoms with Crippen molar-refractivity contribution in [2.75, 3.05) is 0 Å². The van der Waals surface area contributed by atoms with Gasteiger partial charge in [0.2, 0.25) is 0 Å². The Hall–Kier alpha value is -2.90. The number of sulfonamides is 2. The first kappa shape index (κ1) is 18.4. The molecule has 2 rings (SSSR count). The van der Waals surface area contributed by atoms with Gasteiger partial charge in [0.05, 0.1) is 0 Å². The summed E-state index contributed by atoms with van der Waals surface area (Å²) in [4.78, 5) is 21.3. The number of benzene rings is 2. The Kier molecular flexibility index (Phi) is 5.10. The van der Waals surface area contributed by atoms with Gasteiger partial charge < -0.3 is 0 Å². The number of nitrogens with zero attached hydrogens (tertiary/aromatic N) is 2. The van der Waals surface area contributed by atoms with Crippen LogP contribution < -0.4 is 0 Å². The van der Waals surface area contributed by atoms with Gasteiger partial charge in [-0.05, 0) is 11.1 Å². The molecule has 0 heterocycles. The van der Waals surface area contributed by atoms with Crippen LogP contribution in [0.4, 0.5) is 0 Å². The summed E-state index contributed by atoms with van der Waals surface area (Å²) in [5, 5.41) is 0. The van der Waals surface area contributed by atoms with Crippen LogP contribution in [0.2, 0.25) is 0 Å². The minimum atomic E-state index is -5.08. The molecule has 0 saturated carbocycles. The van der Waals surface area contributed by atoms with E-state index in [1.807, 2.05) is 0 Å². The fourth-order valence-electron chi connectivity index (χ4n) is 2.44. The van der Waals surface area contributed by atoms with Gasteiger partial charge in [0, 0.05) is 0 Å². The van der Waals surface area contributed by atoms with E-state index in [-0.39, 0.29) is 11.1 Å². The Morgan fingerprint density at radius 1 is 0.640 bits per heavy atom. The second-order valence-corrected chi connectivity index (χ2v) is 8.41. The lowest BCUT2D eigenvalue weighted by Crippen LogP contribution is -2.42. The molecule has 0 spiro atoms. The number of rotatable bonds is 6. The summed E-state index contributed by atoms with van der Waals surface area (Å²) in [5.41, 5.74) is -0.529. The highest BCUT2D eigenvalue weighted by atomic mass is 32.3. The van der Waals surface area contributed by atoms with Gasteiger partial charge in [-0.3, -0.25) is 0 Å². The van der Waals surface area contributed by atoms with Crippen LogP contribution in [0, 0.1) is 0 Å².